The van der Waals surface area contributed by atoms with Crippen molar-refractivity contribution in [3.8, 4) is 0 Å². The molecule has 0 aliphatic carbocycles. The van der Waals surface area contributed by atoms with Gasteiger partial charge in [0.15, 0.2) is 0 Å². The van der Waals surface area contributed by atoms with E-state index >= 15 is 0 Å². The predicted octanol–water partition coefficient (Wildman–Crippen LogP) is 2.85. The second-order valence-corrected chi connectivity index (χ2v) is 4.94. The number of benzene rings is 1. The fourth-order valence-corrected chi connectivity index (χ4v) is 1.82. The summed E-state index contributed by atoms with van der Waals surface area (Å²) in [5.74, 6) is -0.304. The van der Waals surface area contributed by atoms with Crippen molar-refractivity contribution in [2.45, 2.75) is 13.8 Å². The van der Waals surface area contributed by atoms with Gasteiger partial charge in [0.1, 0.15) is 6.61 Å². The molecule has 1 aliphatic heterocycles. The van der Waals surface area contributed by atoms with E-state index in [-0.39, 0.29) is 12.5 Å². The van der Waals surface area contributed by atoms with Crippen molar-refractivity contribution in [1.29, 1.82) is 0 Å². The van der Waals surface area contributed by atoms with E-state index in [1.807, 2.05) is 0 Å². The minimum Gasteiger partial charge on any atom is -0.448 e. The number of carbonyl (C=O) groups is 2. The lowest BCUT2D eigenvalue weighted by Crippen LogP contribution is -2.52. The molecular formula is C12H12ClNO3. The van der Waals surface area contributed by atoms with E-state index in [1.165, 1.54) is 0 Å². The molecule has 2 rings (SSSR count). The molecule has 4 nitrogen and oxygen atoms in total. The Hall–Kier alpha value is -1.55. The van der Waals surface area contributed by atoms with Crippen LogP contribution in [0.1, 0.15) is 13.8 Å². The molecule has 1 saturated heterocycles. The van der Waals surface area contributed by atoms with Crippen LogP contribution < -0.4 is 4.90 Å². The number of anilines is 1. The Kier molecular flexibility index (Phi) is 2.83. The molecule has 1 fully saturated rings. The van der Waals surface area contributed by atoms with Crippen molar-refractivity contribution in [3.05, 3.63) is 29.3 Å². The van der Waals surface area contributed by atoms with Gasteiger partial charge in [-0.05, 0) is 26.0 Å². The first-order valence-electron chi connectivity index (χ1n) is 5.19. The van der Waals surface area contributed by atoms with Crippen LogP contribution in [0.15, 0.2) is 24.3 Å². The Labute approximate surface area is 104 Å². The van der Waals surface area contributed by atoms with E-state index in [0.29, 0.717) is 10.7 Å². The number of hydrogen-bond acceptors (Lipinski definition) is 3. The number of halogens is 1. The van der Waals surface area contributed by atoms with Crippen LogP contribution in [0.2, 0.25) is 5.02 Å². The van der Waals surface area contributed by atoms with E-state index in [9.17, 15) is 9.59 Å². The summed E-state index contributed by atoms with van der Waals surface area (Å²) >= 11 is 5.98. The lowest BCUT2D eigenvalue weighted by atomic mass is 9.91. The summed E-state index contributed by atoms with van der Waals surface area (Å²) in [6.07, 6.45) is -0.678. The summed E-state index contributed by atoms with van der Waals surface area (Å²) in [4.78, 5) is 24.8. The highest BCUT2D eigenvalue weighted by Crippen LogP contribution is 2.33. The van der Waals surface area contributed by atoms with E-state index in [1.54, 1.807) is 38.1 Å². The number of nitrogens with zero attached hydrogens (tertiary/aromatic N) is 1. The SMILES string of the molecule is CC1(C)COC(=O)N(c2ccccc2Cl)C1=O. The first-order valence-corrected chi connectivity index (χ1v) is 5.57. The van der Waals surface area contributed by atoms with Gasteiger partial charge in [-0.3, -0.25) is 4.79 Å². The quantitative estimate of drug-likeness (QED) is 0.773. The Morgan fingerprint density at radius 3 is 2.59 bits per heavy atom. The average Bonchev–Trinajstić information content (AvgIpc) is 2.27. The van der Waals surface area contributed by atoms with Gasteiger partial charge in [-0.15, -0.1) is 0 Å². The van der Waals surface area contributed by atoms with Gasteiger partial charge in [0.25, 0.3) is 0 Å². The van der Waals surface area contributed by atoms with Crippen LogP contribution in [0.4, 0.5) is 10.5 Å². The van der Waals surface area contributed by atoms with Crippen molar-refractivity contribution in [1.82, 2.24) is 0 Å². The first-order chi connectivity index (χ1) is 7.93. The van der Waals surface area contributed by atoms with Crippen molar-refractivity contribution in [2.75, 3.05) is 11.5 Å². The Bertz CT molecular complexity index is 484. The summed E-state index contributed by atoms with van der Waals surface area (Å²) in [5.41, 5.74) is -0.371. The molecule has 17 heavy (non-hydrogen) atoms. The standard InChI is InChI=1S/C12H12ClNO3/c1-12(2)7-17-11(16)14(10(12)15)9-6-4-3-5-8(9)13/h3-6H,7H2,1-2H3. The Balaban J connectivity index is 2.46. The maximum Gasteiger partial charge on any atom is 0.421 e. The third kappa shape index (κ3) is 2.00. The molecule has 0 atom stereocenters. The monoisotopic (exact) mass is 253 g/mol. The molecule has 90 valence electrons. The van der Waals surface area contributed by atoms with Crippen LogP contribution >= 0.6 is 11.6 Å². The van der Waals surface area contributed by atoms with Crippen LogP contribution in [0.25, 0.3) is 0 Å². The van der Waals surface area contributed by atoms with Crippen molar-refractivity contribution >= 4 is 29.3 Å². The third-order valence-electron chi connectivity index (χ3n) is 2.61. The zero-order chi connectivity index (χ0) is 12.6. The number of rotatable bonds is 1. The number of ether oxygens (including phenoxy) is 1. The van der Waals surface area contributed by atoms with E-state index in [2.05, 4.69) is 0 Å². The molecule has 1 heterocycles. The normalized spacial score (nSPS) is 19.1. The molecular weight excluding hydrogens is 242 g/mol. The second kappa shape index (κ2) is 4.04. The minimum atomic E-state index is -0.729. The smallest absolute Gasteiger partial charge is 0.421 e. The summed E-state index contributed by atoms with van der Waals surface area (Å²) in [7, 11) is 0. The molecule has 0 bridgehead atoms. The molecule has 0 N–H and O–H groups in total. The van der Waals surface area contributed by atoms with E-state index in [0.717, 1.165) is 4.90 Å². The summed E-state index contributed by atoms with van der Waals surface area (Å²) < 4.78 is 4.99. The lowest BCUT2D eigenvalue weighted by Gasteiger charge is -2.35. The van der Waals surface area contributed by atoms with Gasteiger partial charge in [-0.2, -0.15) is 0 Å². The highest BCUT2D eigenvalue weighted by atomic mass is 35.5. The zero-order valence-corrected chi connectivity index (χ0v) is 10.3. The lowest BCUT2D eigenvalue weighted by molar-refractivity contribution is -0.130. The number of carbonyl (C=O) groups excluding carboxylic acids is 2. The highest BCUT2D eigenvalue weighted by Gasteiger charge is 2.43. The number of hydrogen-bond donors (Lipinski definition) is 0. The van der Waals surface area contributed by atoms with Gasteiger partial charge < -0.3 is 4.74 Å². The number of amides is 2. The highest BCUT2D eigenvalue weighted by molar-refractivity contribution is 6.35. The number of imide groups is 1. The van der Waals surface area contributed by atoms with Crippen LogP contribution in [-0.4, -0.2) is 18.6 Å². The molecule has 0 aromatic heterocycles. The molecule has 1 aromatic rings. The van der Waals surface area contributed by atoms with Gasteiger partial charge in [0.05, 0.1) is 16.1 Å². The fourth-order valence-electron chi connectivity index (χ4n) is 1.59. The topological polar surface area (TPSA) is 46.6 Å². The van der Waals surface area contributed by atoms with E-state index < -0.39 is 11.5 Å². The molecule has 0 spiro atoms. The molecule has 2 amide bonds. The van der Waals surface area contributed by atoms with Gasteiger partial charge in [0, 0.05) is 0 Å². The maximum atomic E-state index is 12.2. The third-order valence-corrected chi connectivity index (χ3v) is 2.93. The maximum absolute atomic E-state index is 12.2. The van der Waals surface area contributed by atoms with Crippen LogP contribution in [0.5, 0.6) is 0 Å². The molecule has 0 unspecified atom stereocenters. The van der Waals surface area contributed by atoms with Crippen LogP contribution in [0, 0.1) is 5.41 Å². The summed E-state index contributed by atoms with van der Waals surface area (Å²) in [6, 6.07) is 6.68. The predicted molar refractivity (Wildman–Crippen MR) is 64.1 cm³/mol. The first kappa shape index (κ1) is 11.9. The van der Waals surface area contributed by atoms with E-state index in [4.69, 9.17) is 16.3 Å². The number of cyclic esters (lactones) is 1. The van der Waals surface area contributed by atoms with Crippen molar-refractivity contribution in [3.63, 3.8) is 0 Å². The largest absolute Gasteiger partial charge is 0.448 e. The van der Waals surface area contributed by atoms with Crippen molar-refractivity contribution in [2.24, 2.45) is 5.41 Å². The molecule has 1 aliphatic rings. The Morgan fingerprint density at radius 2 is 1.94 bits per heavy atom. The van der Waals surface area contributed by atoms with Crippen LogP contribution in [0.3, 0.4) is 0 Å². The summed E-state index contributed by atoms with van der Waals surface area (Å²) in [6.45, 7) is 3.54. The number of para-hydroxylation sites is 1. The minimum absolute atomic E-state index is 0.0889. The molecule has 5 heteroatoms. The van der Waals surface area contributed by atoms with Gasteiger partial charge in [0.2, 0.25) is 5.91 Å². The zero-order valence-electron chi connectivity index (χ0n) is 9.57. The molecule has 0 saturated carbocycles. The fraction of sp³-hybridized carbons (Fsp3) is 0.333. The van der Waals surface area contributed by atoms with Gasteiger partial charge >= 0.3 is 6.09 Å². The van der Waals surface area contributed by atoms with Crippen molar-refractivity contribution < 1.29 is 14.3 Å². The average molecular weight is 254 g/mol. The summed E-state index contributed by atoms with van der Waals surface area (Å²) in [5, 5.41) is 0.343. The van der Waals surface area contributed by atoms with Gasteiger partial charge in [-0.1, -0.05) is 23.7 Å². The Morgan fingerprint density at radius 1 is 1.29 bits per heavy atom. The molecule has 1 aromatic carbocycles. The second-order valence-electron chi connectivity index (χ2n) is 4.53. The molecule has 0 radical (unpaired) electrons. The van der Waals surface area contributed by atoms with Gasteiger partial charge in [-0.25, -0.2) is 9.69 Å². The van der Waals surface area contributed by atoms with Crippen LogP contribution in [-0.2, 0) is 9.53 Å².